The Morgan fingerprint density at radius 3 is 2.54 bits per heavy atom. The van der Waals surface area contributed by atoms with Gasteiger partial charge in [-0.1, -0.05) is 12.1 Å². The standard InChI is InChI=1S/C16H15ClN2O5/c1-8-12(15(17)20)14(13(9(2)18-8)16(21)24-3)10-5-4-6-11(7-10)19(22)23/h4-7,12,14H,1-3H3. The second kappa shape index (κ2) is 6.92. The third kappa shape index (κ3) is 3.21. The highest BCUT2D eigenvalue weighted by atomic mass is 35.5. The number of hydrogen-bond acceptors (Lipinski definition) is 6. The monoisotopic (exact) mass is 350 g/mol. The van der Waals surface area contributed by atoms with Gasteiger partial charge in [-0.15, -0.1) is 0 Å². The van der Waals surface area contributed by atoms with Crippen molar-refractivity contribution in [2.24, 2.45) is 10.9 Å². The Kier molecular flexibility index (Phi) is 5.14. The Morgan fingerprint density at radius 1 is 1.33 bits per heavy atom. The summed E-state index contributed by atoms with van der Waals surface area (Å²) >= 11 is 5.73. The van der Waals surface area contributed by atoms with Gasteiger partial charge in [0.2, 0.25) is 5.24 Å². The molecule has 1 heterocycles. The third-order valence-electron chi connectivity index (χ3n) is 3.92. The van der Waals surface area contributed by atoms with Crippen LogP contribution < -0.4 is 0 Å². The quantitative estimate of drug-likeness (QED) is 0.360. The Bertz CT molecular complexity index is 784. The number of hydrogen-bond donors (Lipinski definition) is 0. The highest BCUT2D eigenvalue weighted by molar-refractivity contribution is 6.65. The molecule has 2 rings (SSSR count). The summed E-state index contributed by atoms with van der Waals surface area (Å²) in [6.45, 7) is 3.25. The van der Waals surface area contributed by atoms with Crippen molar-refractivity contribution in [2.75, 3.05) is 7.11 Å². The molecule has 0 aromatic heterocycles. The maximum atomic E-state index is 12.2. The fourth-order valence-electron chi connectivity index (χ4n) is 2.90. The van der Waals surface area contributed by atoms with E-state index in [1.807, 2.05) is 0 Å². The lowest BCUT2D eigenvalue weighted by Gasteiger charge is -2.30. The number of allylic oxidation sites excluding steroid dienone is 1. The maximum absolute atomic E-state index is 12.2. The third-order valence-corrected chi connectivity index (χ3v) is 4.15. The van der Waals surface area contributed by atoms with Crippen LogP contribution in [-0.2, 0) is 14.3 Å². The smallest absolute Gasteiger partial charge is 0.336 e. The average molecular weight is 351 g/mol. The second-order valence-electron chi connectivity index (χ2n) is 5.36. The minimum absolute atomic E-state index is 0.143. The molecule has 7 nitrogen and oxygen atoms in total. The van der Waals surface area contributed by atoms with E-state index in [0.29, 0.717) is 17.0 Å². The van der Waals surface area contributed by atoms with Crippen LogP contribution in [0.4, 0.5) is 5.69 Å². The SMILES string of the molecule is COC(=O)C1=C(C)N=C(C)C(C(=O)Cl)C1c1cccc([N+](=O)[O-])c1. The number of nitro groups is 1. The molecule has 1 aromatic carbocycles. The summed E-state index contributed by atoms with van der Waals surface area (Å²) in [6.07, 6.45) is 0. The molecule has 0 bridgehead atoms. The van der Waals surface area contributed by atoms with E-state index >= 15 is 0 Å². The molecular weight excluding hydrogens is 336 g/mol. The Balaban J connectivity index is 2.70. The van der Waals surface area contributed by atoms with Crippen LogP contribution in [0.15, 0.2) is 40.5 Å². The average Bonchev–Trinajstić information content (AvgIpc) is 2.53. The molecule has 1 aliphatic heterocycles. The van der Waals surface area contributed by atoms with Gasteiger partial charge in [0.05, 0.1) is 23.5 Å². The molecule has 24 heavy (non-hydrogen) atoms. The molecule has 126 valence electrons. The number of non-ortho nitro benzene ring substituents is 1. The van der Waals surface area contributed by atoms with Crippen LogP contribution in [0.1, 0.15) is 25.3 Å². The summed E-state index contributed by atoms with van der Waals surface area (Å²) < 4.78 is 4.80. The van der Waals surface area contributed by atoms with E-state index < -0.39 is 28.0 Å². The molecule has 0 radical (unpaired) electrons. The van der Waals surface area contributed by atoms with Gasteiger partial charge in [-0.05, 0) is 31.0 Å². The van der Waals surface area contributed by atoms with Gasteiger partial charge in [0.1, 0.15) is 0 Å². The van der Waals surface area contributed by atoms with Gasteiger partial charge in [0.15, 0.2) is 0 Å². The van der Waals surface area contributed by atoms with Crippen LogP contribution in [0.2, 0.25) is 0 Å². The van der Waals surface area contributed by atoms with Gasteiger partial charge in [-0.2, -0.15) is 0 Å². The zero-order chi connectivity index (χ0) is 18.0. The van der Waals surface area contributed by atoms with Crippen molar-refractivity contribution < 1.29 is 19.2 Å². The number of esters is 1. The van der Waals surface area contributed by atoms with Crippen LogP contribution in [0.5, 0.6) is 0 Å². The number of rotatable bonds is 4. The summed E-state index contributed by atoms with van der Waals surface area (Å²) in [6, 6.07) is 5.76. The molecule has 2 unspecified atom stereocenters. The molecular formula is C16H15ClN2O5. The number of carbonyl (C=O) groups excluding carboxylic acids is 2. The van der Waals surface area contributed by atoms with E-state index in [1.54, 1.807) is 19.9 Å². The summed E-state index contributed by atoms with van der Waals surface area (Å²) in [4.78, 5) is 38.9. The fourth-order valence-corrected chi connectivity index (χ4v) is 3.18. The number of nitro benzene ring substituents is 1. The normalized spacial score (nSPS) is 20.4. The van der Waals surface area contributed by atoms with E-state index in [1.165, 1.54) is 25.3 Å². The van der Waals surface area contributed by atoms with Crippen molar-refractivity contribution in [1.82, 2.24) is 0 Å². The van der Waals surface area contributed by atoms with Crippen molar-refractivity contribution in [3.8, 4) is 0 Å². The first kappa shape index (κ1) is 17.8. The second-order valence-corrected chi connectivity index (χ2v) is 5.73. The van der Waals surface area contributed by atoms with E-state index in [9.17, 15) is 19.7 Å². The van der Waals surface area contributed by atoms with Crippen molar-refractivity contribution in [1.29, 1.82) is 0 Å². The number of benzene rings is 1. The van der Waals surface area contributed by atoms with Crippen LogP contribution in [0.25, 0.3) is 0 Å². The van der Waals surface area contributed by atoms with Gasteiger partial charge in [0, 0.05) is 29.5 Å². The predicted molar refractivity (Wildman–Crippen MR) is 88.0 cm³/mol. The van der Waals surface area contributed by atoms with E-state index in [2.05, 4.69) is 4.99 Å². The summed E-state index contributed by atoms with van der Waals surface area (Å²) in [5, 5.41) is 10.3. The van der Waals surface area contributed by atoms with Gasteiger partial charge in [-0.25, -0.2) is 4.79 Å². The number of nitrogens with zero attached hydrogens (tertiary/aromatic N) is 2. The highest BCUT2D eigenvalue weighted by Crippen LogP contribution is 2.41. The van der Waals surface area contributed by atoms with Gasteiger partial charge in [-0.3, -0.25) is 19.9 Å². The highest BCUT2D eigenvalue weighted by Gasteiger charge is 2.41. The Hall–Kier alpha value is -2.54. The number of carbonyl (C=O) groups is 2. The van der Waals surface area contributed by atoms with Crippen molar-refractivity contribution in [3.05, 3.63) is 51.2 Å². The molecule has 1 aliphatic rings. The minimum Gasteiger partial charge on any atom is -0.466 e. The van der Waals surface area contributed by atoms with Crippen LogP contribution >= 0.6 is 11.6 Å². The molecule has 0 N–H and O–H groups in total. The molecule has 8 heteroatoms. The van der Waals surface area contributed by atoms with E-state index in [0.717, 1.165) is 0 Å². The lowest BCUT2D eigenvalue weighted by Crippen LogP contribution is -2.33. The number of halogens is 1. The first-order valence-electron chi connectivity index (χ1n) is 7.05. The number of ether oxygens (including phenoxy) is 1. The molecule has 0 saturated heterocycles. The van der Waals surface area contributed by atoms with Crippen LogP contribution in [-0.4, -0.2) is 29.0 Å². The largest absolute Gasteiger partial charge is 0.466 e. The summed E-state index contributed by atoms with van der Waals surface area (Å²) in [5.41, 5.74) is 1.29. The summed E-state index contributed by atoms with van der Waals surface area (Å²) in [5.74, 6) is -2.34. The lowest BCUT2D eigenvalue weighted by molar-refractivity contribution is -0.384. The zero-order valence-corrected chi connectivity index (χ0v) is 14.0. The van der Waals surface area contributed by atoms with Crippen LogP contribution in [0.3, 0.4) is 0 Å². The number of aliphatic imine (C=N–C) groups is 1. The topological polar surface area (TPSA) is 98.9 Å². The van der Waals surface area contributed by atoms with Gasteiger partial charge >= 0.3 is 5.97 Å². The molecule has 0 spiro atoms. The molecule has 1 aromatic rings. The molecule has 0 amide bonds. The van der Waals surface area contributed by atoms with Crippen molar-refractivity contribution in [2.45, 2.75) is 19.8 Å². The zero-order valence-electron chi connectivity index (χ0n) is 13.3. The predicted octanol–water partition coefficient (Wildman–Crippen LogP) is 2.98. The van der Waals surface area contributed by atoms with Crippen LogP contribution in [0, 0.1) is 16.0 Å². The molecule has 0 saturated carbocycles. The first-order chi connectivity index (χ1) is 11.3. The Morgan fingerprint density at radius 2 is 2.00 bits per heavy atom. The first-order valence-corrected chi connectivity index (χ1v) is 7.43. The molecule has 2 atom stereocenters. The molecule has 0 aliphatic carbocycles. The minimum atomic E-state index is -0.897. The van der Waals surface area contributed by atoms with E-state index in [4.69, 9.17) is 16.3 Å². The molecule has 0 fully saturated rings. The summed E-state index contributed by atoms with van der Waals surface area (Å²) in [7, 11) is 1.22. The van der Waals surface area contributed by atoms with Crippen molar-refractivity contribution >= 4 is 34.2 Å². The van der Waals surface area contributed by atoms with Crippen molar-refractivity contribution in [3.63, 3.8) is 0 Å². The lowest BCUT2D eigenvalue weighted by atomic mass is 9.76. The van der Waals surface area contributed by atoms with Gasteiger partial charge in [0.25, 0.3) is 5.69 Å². The maximum Gasteiger partial charge on any atom is 0.336 e. The fraction of sp³-hybridized carbons (Fsp3) is 0.312. The number of methoxy groups -OCH3 is 1. The van der Waals surface area contributed by atoms with E-state index in [-0.39, 0.29) is 11.3 Å². The Labute approximate surface area is 143 Å². The van der Waals surface area contributed by atoms with Gasteiger partial charge < -0.3 is 4.74 Å².